The predicted molar refractivity (Wildman–Crippen MR) is 110 cm³/mol. The number of nitrogens with zero attached hydrogens (tertiary/aromatic N) is 4. The smallest absolute Gasteiger partial charge is 0.236 e. The molecule has 0 spiro atoms. The molecule has 0 aliphatic heterocycles. The van der Waals surface area contributed by atoms with E-state index in [1.54, 1.807) is 11.8 Å². The van der Waals surface area contributed by atoms with E-state index >= 15 is 0 Å². The number of halogens is 3. The number of carbonyl (C=O) groups excluding carboxylic acids is 2. The van der Waals surface area contributed by atoms with E-state index in [2.05, 4.69) is 20.5 Å². The van der Waals surface area contributed by atoms with Gasteiger partial charge in [-0.3, -0.25) is 14.5 Å². The van der Waals surface area contributed by atoms with E-state index in [-0.39, 0.29) is 33.1 Å². The Labute approximate surface area is 180 Å². The van der Waals surface area contributed by atoms with Crippen LogP contribution in [0.3, 0.4) is 0 Å². The van der Waals surface area contributed by atoms with Crippen LogP contribution in [-0.4, -0.2) is 38.8 Å². The van der Waals surface area contributed by atoms with Gasteiger partial charge < -0.3 is 5.32 Å². The fourth-order valence-electron chi connectivity index (χ4n) is 2.64. The van der Waals surface area contributed by atoms with Crippen molar-refractivity contribution in [2.24, 2.45) is 0 Å². The molecule has 0 saturated heterocycles. The molecule has 1 N–H and O–H groups in total. The fraction of sp³-hybridized carbons (Fsp3) is 0.353. The Morgan fingerprint density at radius 2 is 2.00 bits per heavy atom. The number of aromatic nitrogens is 3. The Balaban J connectivity index is 1.39. The molecule has 3 aromatic rings. The number of thioether (sulfide) groups is 1. The SMILES string of the molecule is CCC(=O)N(c1nnc(SCC(=O)Nc2nc3c(F)c(F)c(F)cc3s2)s1)C1CC1. The maximum atomic E-state index is 13.8. The van der Waals surface area contributed by atoms with E-state index in [0.29, 0.717) is 15.9 Å². The first kappa shape index (κ1) is 21.0. The van der Waals surface area contributed by atoms with E-state index in [1.807, 2.05) is 0 Å². The van der Waals surface area contributed by atoms with Crippen LogP contribution in [0.4, 0.5) is 23.4 Å². The summed E-state index contributed by atoms with van der Waals surface area (Å²) in [5.74, 6) is -4.79. The third kappa shape index (κ3) is 4.27. The van der Waals surface area contributed by atoms with Gasteiger partial charge in [0.1, 0.15) is 5.52 Å². The minimum atomic E-state index is -1.60. The number of hydrogen-bond acceptors (Lipinski definition) is 8. The Morgan fingerprint density at radius 1 is 1.23 bits per heavy atom. The number of carbonyl (C=O) groups is 2. The molecule has 1 aliphatic rings. The van der Waals surface area contributed by atoms with E-state index in [1.165, 1.54) is 11.3 Å². The number of nitrogens with one attached hydrogen (secondary N) is 1. The third-order valence-corrected chi connectivity index (χ3v) is 7.15. The molecular formula is C17H14F3N5O2S3. The predicted octanol–water partition coefficient (Wildman–Crippen LogP) is 4.20. The number of thiazole rings is 1. The minimum Gasteiger partial charge on any atom is -0.301 e. The molecule has 1 saturated carbocycles. The standard InChI is InChI=1S/C17H14F3N5O2S3/c1-2-11(27)25(7-3-4-7)16-23-24-17(30-16)28-6-10(26)21-15-22-14-9(29-15)5-8(18)12(19)13(14)20/h5,7H,2-4,6H2,1H3,(H,21,22,26). The van der Waals surface area contributed by atoms with Crippen molar-refractivity contribution in [1.82, 2.24) is 15.2 Å². The van der Waals surface area contributed by atoms with Crippen LogP contribution in [0.1, 0.15) is 26.2 Å². The van der Waals surface area contributed by atoms with Crippen LogP contribution < -0.4 is 10.2 Å². The number of anilines is 2. The van der Waals surface area contributed by atoms with Gasteiger partial charge in [0.15, 0.2) is 26.9 Å². The second-order valence-electron chi connectivity index (χ2n) is 6.39. The highest BCUT2D eigenvalue weighted by Crippen LogP contribution is 2.36. The molecule has 30 heavy (non-hydrogen) atoms. The number of amides is 2. The van der Waals surface area contributed by atoms with Crippen molar-refractivity contribution in [1.29, 1.82) is 0 Å². The second kappa shape index (κ2) is 8.47. The zero-order valence-corrected chi connectivity index (χ0v) is 17.9. The molecule has 7 nitrogen and oxygen atoms in total. The molecule has 13 heteroatoms. The summed E-state index contributed by atoms with van der Waals surface area (Å²) in [7, 11) is 0. The van der Waals surface area contributed by atoms with E-state index in [0.717, 1.165) is 42.0 Å². The number of benzene rings is 1. The molecule has 158 valence electrons. The summed E-state index contributed by atoms with van der Waals surface area (Å²) in [6, 6.07) is 1.00. The maximum absolute atomic E-state index is 13.8. The monoisotopic (exact) mass is 473 g/mol. The Morgan fingerprint density at radius 3 is 2.70 bits per heavy atom. The first-order valence-electron chi connectivity index (χ1n) is 8.89. The largest absolute Gasteiger partial charge is 0.301 e. The first-order chi connectivity index (χ1) is 14.4. The van der Waals surface area contributed by atoms with Crippen molar-refractivity contribution in [2.75, 3.05) is 16.0 Å². The average molecular weight is 474 g/mol. The molecule has 0 bridgehead atoms. The van der Waals surface area contributed by atoms with E-state index in [9.17, 15) is 22.8 Å². The van der Waals surface area contributed by atoms with Crippen LogP contribution in [0.2, 0.25) is 0 Å². The summed E-state index contributed by atoms with van der Waals surface area (Å²) in [6.45, 7) is 1.79. The van der Waals surface area contributed by atoms with Crippen molar-refractivity contribution in [3.05, 3.63) is 23.5 Å². The van der Waals surface area contributed by atoms with Crippen molar-refractivity contribution < 1.29 is 22.8 Å². The fourth-order valence-corrected chi connectivity index (χ4v) is 5.27. The van der Waals surface area contributed by atoms with E-state index < -0.39 is 23.4 Å². The lowest BCUT2D eigenvalue weighted by Crippen LogP contribution is -2.32. The van der Waals surface area contributed by atoms with Crippen molar-refractivity contribution in [2.45, 2.75) is 36.6 Å². The molecule has 2 amide bonds. The summed E-state index contributed by atoms with van der Waals surface area (Å²) in [4.78, 5) is 29.8. The van der Waals surface area contributed by atoms with E-state index in [4.69, 9.17) is 0 Å². The third-order valence-electron chi connectivity index (χ3n) is 4.18. The summed E-state index contributed by atoms with van der Waals surface area (Å²) in [5, 5.41) is 11.1. The van der Waals surface area contributed by atoms with Gasteiger partial charge >= 0.3 is 0 Å². The molecule has 1 aliphatic carbocycles. The minimum absolute atomic E-state index is 0.0149. The zero-order chi connectivity index (χ0) is 21.4. The number of fused-ring (bicyclic) bond motifs is 1. The second-order valence-corrected chi connectivity index (χ2v) is 9.60. The van der Waals surface area contributed by atoms with Crippen LogP contribution in [0.5, 0.6) is 0 Å². The van der Waals surface area contributed by atoms with Gasteiger partial charge in [-0.25, -0.2) is 18.2 Å². The maximum Gasteiger partial charge on any atom is 0.236 e. The van der Waals surface area contributed by atoms with Gasteiger partial charge in [0.05, 0.1) is 10.5 Å². The normalized spacial score (nSPS) is 13.6. The lowest BCUT2D eigenvalue weighted by molar-refractivity contribution is -0.118. The topological polar surface area (TPSA) is 88.1 Å². The molecule has 0 atom stereocenters. The van der Waals surface area contributed by atoms with Gasteiger partial charge in [-0.1, -0.05) is 41.4 Å². The van der Waals surface area contributed by atoms with Gasteiger partial charge in [-0.15, -0.1) is 10.2 Å². The van der Waals surface area contributed by atoms with Crippen LogP contribution >= 0.6 is 34.4 Å². The molecule has 0 radical (unpaired) electrons. The van der Waals surface area contributed by atoms with Crippen LogP contribution in [0.15, 0.2) is 10.4 Å². The van der Waals surface area contributed by atoms with Crippen LogP contribution in [-0.2, 0) is 9.59 Å². The molecule has 1 aromatic carbocycles. The Hall–Kier alpha value is -2.25. The molecule has 2 aromatic heterocycles. The van der Waals surface area contributed by atoms with Crippen LogP contribution in [0.25, 0.3) is 10.2 Å². The summed E-state index contributed by atoms with van der Waals surface area (Å²) >= 11 is 3.20. The highest BCUT2D eigenvalue weighted by Gasteiger charge is 2.35. The molecule has 2 heterocycles. The van der Waals surface area contributed by atoms with Gasteiger partial charge in [-0.05, 0) is 18.9 Å². The van der Waals surface area contributed by atoms with Crippen molar-refractivity contribution in [3.63, 3.8) is 0 Å². The van der Waals surface area contributed by atoms with Gasteiger partial charge in [-0.2, -0.15) is 0 Å². The Bertz CT molecular complexity index is 1130. The quantitative estimate of drug-likeness (QED) is 0.314. The summed E-state index contributed by atoms with van der Waals surface area (Å²) < 4.78 is 41.0. The number of rotatable bonds is 7. The lowest BCUT2D eigenvalue weighted by Gasteiger charge is -2.17. The highest BCUT2D eigenvalue weighted by atomic mass is 32.2. The zero-order valence-electron chi connectivity index (χ0n) is 15.4. The van der Waals surface area contributed by atoms with Gasteiger partial charge in [0.25, 0.3) is 0 Å². The Kier molecular flexibility index (Phi) is 5.93. The lowest BCUT2D eigenvalue weighted by atomic mass is 10.3. The summed E-state index contributed by atoms with van der Waals surface area (Å²) in [6.07, 6.45) is 2.25. The molecular weight excluding hydrogens is 459 g/mol. The number of hydrogen-bond donors (Lipinski definition) is 1. The first-order valence-corrected chi connectivity index (χ1v) is 11.5. The molecule has 1 fully saturated rings. The van der Waals surface area contributed by atoms with Crippen molar-refractivity contribution in [3.8, 4) is 0 Å². The highest BCUT2D eigenvalue weighted by molar-refractivity contribution is 8.01. The van der Waals surface area contributed by atoms with Gasteiger partial charge in [0, 0.05) is 12.5 Å². The van der Waals surface area contributed by atoms with Crippen LogP contribution in [0, 0.1) is 17.5 Å². The van der Waals surface area contributed by atoms with Crippen molar-refractivity contribution >= 4 is 66.7 Å². The summed E-state index contributed by atoms with van der Waals surface area (Å²) in [5.41, 5.74) is -0.337. The average Bonchev–Trinajstić information content (AvgIpc) is 3.30. The molecule has 0 unspecified atom stereocenters. The molecule has 4 rings (SSSR count). The van der Waals surface area contributed by atoms with Gasteiger partial charge in [0.2, 0.25) is 16.9 Å².